The van der Waals surface area contributed by atoms with Gasteiger partial charge in [0.1, 0.15) is 5.82 Å². The number of hydrogen-bond donors (Lipinski definition) is 3. The lowest BCUT2D eigenvalue weighted by Gasteiger charge is -2.22. The Kier molecular flexibility index (Phi) is 4.27. The number of rotatable bonds is 3. The normalized spacial score (nSPS) is 15.4. The fourth-order valence-corrected chi connectivity index (χ4v) is 2.78. The minimum Gasteiger partial charge on any atom is -0.372 e. The molecule has 116 valence electrons. The summed E-state index contributed by atoms with van der Waals surface area (Å²) in [6.07, 6.45) is 5.11. The Morgan fingerprint density at radius 1 is 0.909 bits per heavy atom. The van der Waals surface area contributed by atoms with Gasteiger partial charge in [-0.25, -0.2) is 4.79 Å². The molecule has 0 bridgehead atoms. The van der Waals surface area contributed by atoms with Gasteiger partial charge in [0.25, 0.3) is 5.56 Å². The Morgan fingerprint density at radius 3 is 2.23 bits per heavy atom. The van der Waals surface area contributed by atoms with E-state index in [4.69, 9.17) is 0 Å². The lowest BCUT2D eigenvalue weighted by molar-refractivity contribution is 0.726. The van der Waals surface area contributed by atoms with Gasteiger partial charge in [0.2, 0.25) is 0 Å². The van der Waals surface area contributed by atoms with Crippen LogP contribution in [0.3, 0.4) is 0 Å². The Labute approximate surface area is 128 Å². The first-order chi connectivity index (χ1) is 10.7. The van der Waals surface area contributed by atoms with Crippen LogP contribution in [0.1, 0.15) is 25.7 Å². The molecule has 6 heteroatoms. The molecule has 0 aliphatic carbocycles. The van der Waals surface area contributed by atoms with Gasteiger partial charge in [-0.2, -0.15) is 0 Å². The smallest absolute Gasteiger partial charge is 0.327 e. The van der Waals surface area contributed by atoms with E-state index in [1.807, 2.05) is 12.1 Å². The molecule has 0 radical (unpaired) electrons. The third-order valence-corrected chi connectivity index (χ3v) is 3.88. The summed E-state index contributed by atoms with van der Waals surface area (Å²) < 4.78 is 0. The molecule has 1 aliphatic heterocycles. The van der Waals surface area contributed by atoms with E-state index in [0.29, 0.717) is 5.82 Å². The van der Waals surface area contributed by atoms with Crippen LogP contribution in [0.2, 0.25) is 0 Å². The number of H-pyrrole nitrogens is 2. The molecule has 0 amide bonds. The molecule has 1 saturated heterocycles. The van der Waals surface area contributed by atoms with E-state index in [1.54, 1.807) is 0 Å². The number of aromatic nitrogens is 2. The standard InChI is InChI=1S/C16H20N4O2/c21-15-11-14(18-16(22)19-15)17-12-5-7-13(8-6-12)20-9-3-1-2-4-10-20/h5-8,11H,1-4,9-10H2,(H3,17,18,19,21,22). The average molecular weight is 300 g/mol. The monoisotopic (exact) mass is 300 g/mol. The fourth-order valence-electron chi connectivity index (χ4n) is 2.78. The zero-order valence-electron chi connectivity index (χ0n) is 12.4. The van der Waals surface area contributed by atoms with E-state index in [2.05, 4.69) is 32.3 Å². The van der Waals surface area contributed by atoms with Gasteiger partial charge in [-0.05, 0) is 37.1 Å². The van der Waals surface area contributed by atoms with Gasteiger partial charge in [-0.15, -0.1) is 0 Å². The highest BCUT2D eigenvalue weighted by Crippen LogP contribution is 2.22. The number of anilines is 3. The molecule has 1 aliphatic rings. The number of benzene rings is 1. The molecule has 2 aromatic rings. The van der Waals surface area contributed by atoms with E-state index >= 15 is 0 Å². The molecule has 1 fully saturated rings. The van der Waals surface area contributed by atoms with Gasteiger partial charge in [0.05, 0.1) is 0 Å². The van der Waals surface area contributed by atoms with Gasteiger partial charge in [-0.3, -0.25) is 14.8 Å². The molecule has 1 aromatic heterocycles. The highest BCUT2D eigenvalue weighted by molar-refractivity contribution is 5.60. The van der Waals surface area contributed by atoms with Crippen molar-refractivity contribution in [1.29, 1.82) is 0 Å². The molecule has 2 heterocycles. The lowest BCUT2D eigenvalue weighted by Crippen LogP contribution is -2.23. The molecule has 1 aromatic carbocycles. The summed E-state index contributed by atoms with van der Waals surface area (Å²) >= 11 is 0. The summed E-state index contributed by atoms with van der Waals surface area (Å²) in [5.74, 6) is 0.385. The molecule has 0 spiro atoms. The Bertz CT molecular complexity index is 697. The number of hydrogen-bond acceptors (Lipinski definition) is 4. The van der Waals surface area contributed by atoms with E-state index in [0.717, 1.165) is 18.8 Å². The van der Waals surface area contributed by atoms with E-state index in [1.165, 1.54) is 37.4 Å². The topological polar surface area (TPSA) is 81.0 Å². The second-order valence-electron chi connectivity index (χ2n) is 5.57. The van der Waals surface area contributed by atoms with Crippen molar-refractivity contribution in [3.63, 3.8) is 0 Å². The quantitative estimate of drug-likeness (QED) is 0.811. The van der Waals surface area contributed by atoms with Crippen molar-refractivity contribution >= 4 is 17.2 Å². The summed E-state index contributed by atoms with van der Waals surface area (Å²) in [5, 5.41) is 3.03. The number of nitrogens with zero attached hydrogens (tertiary/aromatic N) is 1. The van der Waals surface area contributed by atoms with E-state index < -0.39 is 11.2 Å². The van der Waals surface area contributed by atoms with Crippen LogP contribution in [0.4, 0.5) is 17.2 Å². The van der Waals surface area contributed by atoms with Crippen molar-refractivity contribution in [3.05, 3.63) is 51.2 Å². The minimum absolute atomic E-state index is 0.385. The van der Waals surface area contributed by atoms with Crippen molar-refractivity contribution in [2.45, 2.75) is 25.7 Å². The van der Waals surface area contributed by atoms with Crippen molar-refractivity contribution in [1.82, 2.24) is 9.97 Å². The molecular weight excluding hydrogens is 280 g/mol. The maximum absolute atomic E-state index is 11.3. The summed E-state index contributed by atoms with van der Waals surface area (Å²) in [5.41, 5.74) is 1.11. The van der Waals surface area contributed by atoms with Crippen molar-refractivity contribution in [2.75, 3.05) is 23.3 Å². The third-order valence-electron chi connectivity index (χ3n) is 3.88. The highest BCUT2D eigenvalue weighted by Gasteiger charge is 2.09. The molecule has 3 rings (SSSR count). The largest absolute Gasteiger partial charge is 0.372 e. The molecule has 0 unspecified atom stereocenters. The van der Waals surface area contributed by atoms with Crippen molar-refractivity contribution < 1.29 is 0 Å². The number of aromatic amines is 2. The zero-order chi connectivity index (χ0) is 15.4. The maximum atomic E-state index is 11.3. The number of nitrogens with one attached hydrogen (secondary N) is 3. The van der Waals surface area contributed by atoms with Gasteiger partial charge >= 0.3 is 5.69 Å². The summed E-state index contributed by atoms with van der Waals surface area (Å²) in [6, 6.07) is 9.38. The van der Waals surface area contributed by atoms with Gasteiger partial charge in [0.15, 0.2) is 0 Å². The average Bonchev–Trinajstić information content (AvgIpc) is 2.76. The summed E-state index contributed by atoms with van der Waals surface area (Å²) in [7, 11) is 0. The van der Waals surface area contributed by atoms with Crippen molar-refractivity contribution in [2.24, 2.45) is 0 Å². The van der Waals surface area contributed by atoms with Crippen LogP contribution in [0, 0.1) is 0 Å². The van der Waals surface area contributed by atoms with Gasteiger partial charge in [0, 0.05) is 30.5 Å². The van der Waals surface area contributed by atoms with E-state index in [-0.39, 0.29) is 0 Å². The van der Waals surface area contributed by atoms with Crippen molar-refractivity contribution in [3.8, 4) is 0 Å². The third kappa shape index (κ3) is 3.58. The van der Waals surface area contributed by atoms with Gasteiger partial charge < -0.3 is 10.2 Å². The maximum Gasteiger partial charge on any atom is 0.327 e. The predicted molar refractivity (Wildman–Crippen MR) is 88.1 cm³/mol. The Hall–Kier alpha value is -2.50. The molecule has 6 nitrogen and oxygen atoms in total. The molecule has 0 atom stereocenters. The second-order valence-corrected chi connectivity index (χ2v) is 5.57. The molecular formula is C16H20N4O2. The molecule has 0 saturated carbocycles. The van der Waals surface area contributed by atoms with Crippen LogP contribution in [-0.2, 0) is 0 Å². The minimum atomic E-state index is -0.517. The summed E-state index contributed by atoms with van der Waals surface area (Å²) in [6.45, 7) is 2.21. The second kappa shape index (κ2) is 6.51. The SMILES string of the molecule is O=c1cc(Nc2ccc(N3CCCCCC3)cc2)[nH]c(=O)[nH]1. The predicted octanol–water partition coefficient (Wildman–Crippen LogP) is 2.19. The Morgan fingerprint density at radius 2 is 1.59 bits per heavy atom. The lowest BCUT2D eigenvalue weighted by atomic mass is 10.2. The molecule has 22 heavy (non-hydrogen) atoms. The first-order valence-electron chi connectivity index (χ1n) is 7.66. The van der Waals surface area contributed by atoms with E-state index in [9.17, 15) is 9.59 Å². The summed E-state index contributed by atoms with van der Waals surface area (Å²) in [4.78, 5) is 29.6. The fraction of sp³-hybridized carbons (Fsp3) is 0.375. The first kappa shape index (κ1) is 14.4. The van der Waals surface area contributed by atoms with Crippen LogP contribution in [0.25, 0.3) is 0 Å². The van der Waals surface area contributed by atoms with Crippen LogP contribution in [0.5, 0.6) is 0 Å². The highest BCUT2D eigenvalue weighted by atomic mass is 16.2. The Balaban J connectivity index is 1.73. The molecule has 3 N–H and O–H groups in total. The van der Waals surface area contributed by atoms with Crippen LogP contribution >= 0.6 is 0 Å². The van der Waals surface area contributed by atoms with Crippen LogP contribution in [-0.4, -0.2) is 23.1 Å². The first-order valence-corrected chi connectivity index (χ1v) is 7.66. The van der Waals surface area contributed by atoms with Crippen LogP contribution < -0.4 is 21.5 Å². The zero-order valence-corrected chi connectivity index (χ0v) is 12.4. The van der Waals surface area contributed by atoms with Crippen LogP contribution in [0.15, 0.2) is 39.9 Å². The van der Waals surface area contributed by atoms with Gasteiger partial charge in [-0.1, -0.05) is 12.8 Å².